The molecule has 0 saturated heterocycles. The summed E-state index contributed by atoms with van der Waals surface area (Å²) in [5.41, 5.74) is 8.54. The Morgan fingerprint density at radius 3 is 2.52 bits per heavy atom. The number of rotatable bonds is 3. The molecule has 25 heavy (non-hydrogen) atoms. The number of aryl methyl sites for hydroxylation is 4. The van der Waals surface area contributed by atoms with Gasteiger partial charge in [0, 0.05) is 11.1 Å². The highest BCUT2D eigenvalue weighted by Crippen LogP contribution is 2.30. The Bertz CT molecular complexity index is 1100. The Labute approximate surface area is 152 Å². The van der Waals surface area contributed by atoms with Crippen molar-refractivity contribution in [3.05, 3.63) is 70.3 Å². The standard InChI is InChI=1S/C21H21N3S/c1-13-6-5-7-17(9-13)12-25-21-23-22-19-11-15(3)18-10-14(2)8-16(4)20(18)24(19)21/h5-11H,12H2,1-4H3. The van der Waals surface area contributed by atoms with E-state index < -0.39 is 0 Å². The van der Waals surface area contributed by atoms with Crippen LogP contribution in [0, 0.1) is 27.7 Å². The van der Waals surface area contributed by atoms with Gasteiger partial charge in [0.15, 0.2) is 10.8 Å². The summed E-state index contributed by atoms with van der Waals surface area (Å²) in [5, 5.41) is 11.1. The van der Waals surface area contributed by atoms with Gasteiger partial charge >= 0.3 is 0 Å². The molecule has 2 aromatic carbocycles. The van der Waals surface area contributed by atoms with E-state index >= 15 is 0 Å². The summed E-state index contributed by atoms with van der Waals surface area (Å²) in [4.78, 5) is 0. The topological polar surface area (TPSA) is 30.2 Å². The first-order valence-corrected chi connectivity index (χ1v) is 9.45. The Balaban J connectivity index is 1.84. The van der Waals surface area contributed by atoms with Gasteiger partial charge in [0.2, 0.25) is 0 Å². The van der Waals surface area contributed by atoms with Crippen molar-refractivity contribution in [2.45, 2.75) is 38.6 Å². The van der Waals surface area contributed by atoms with E-state index in [0.717, 1.165) is 16.6 Å². The number of aromatic nitrogens is 3. The van der Waals surface area contributed by atoms with E-state index in [1.165, 1.54) is 38.7 Å². The minimum Gasteiger partial charge on any atom is -0.270 e. The SMILES string of the molecule is Cc1cccc(CSc2nnc3cc(C)c4cc(C)cc(C)c4n23)c1. The maximum Gasteiger partial charge on any atom is 0.196 e. The van der Waals surface area contributed by atoms with Gasteiger partial charge < -0.3 is 0 Å². The van der Waals surface area contributed by atoms with Crippen molar-refractivity contribution >= 4 is 28.3 Å². The van der Waals surface area contributed by atoms with Crippen molar-refractivity contribution in [2.24, 2.45) is 0 Å². The Hall–Kier alpha value is -2.33. The summed E-state index contributed by atoms with van der Waals surface area (Å²) < 4.78 is 2.21. The minimum absolute atomic E-state index is 0.892. The molecule has 2 aromatic heterocycles. The lowest BCUT2D eigenvalue weighted by atomic mass is 10.0. The van der Waals surface area contributed by atoms with Crippen LogP contribution in [0.5, 0.6) is 0 Å². The van der Waals surface area contributed by atoms with Crippen molar-refractivity contribution < 1.29 is 0 Å². The number of fused-ring (bicyclic) bond motifs is 3. The van der Waals surface area contributed by atoms with Crippen LogP contribution in [0.2, 0.25) is 0 Å². The molecule has 4 rings (SSSR count). The molecule has 0 spiro atoms. The van der Waals surface area contributed by atoms with Crippen LogP contribution in [0.3, 0.4) is 0 Å². The van der Waals surface area contributed by atoms with Crippen molar-refractivity contribution in [1.82, 2.24) is 14.6 Å². The predicted molar refractivity (Wildman–Crippen MR) is 105 cm³/mol. The molecule has 0 N–H and O–H groups in total. The van der Waals surface area contributed by atoms with Crippen molar-refractivity contribution in [3.8, 4) is 0 Å². The monoisotopic (exact) mass is 347 g/mol. The molecule has 0 fully saturated rings. The Morgan fingerprint density at radius 1 is 0.880 bits per heavy atom. The van der Waals surface area contributed by atoms with E-state index in [-0.39, 0.29) is 0 Å². The number of thioether (sulfide) groups is 1. The van der Waals surface area contributed by atoms with Gasteiger partial charge in [-0.15, -0.1) is 10.2 Å². The van der Waals surface area contributed by atoms with E-state index in [4.69, 9.17) is 0 Å². The molecule has 0 aliphatic carbocycles. The fourth-order valence-electron chi connectivity index (χ4n) is 3.46. The zero-order chi connectivity index (χ0) is 17.6. The van der Waals surface area contributed by atoms with Crippen molar-refractivity contribution in [3.63, 3.8) is 0 Å². The van der Waals surface area contributed by atoms with E-state index in [0.29, 0.717) is 0 Å². The van der Waals surface area contributed by atoms with Crippen LogP contribution in [0.4, 0.5) is 0 Å². The lowest BCUT2D eigenvalue weighted by molar-refractivity contribution is 0.937. The van der Waals surface area contributed by atoms with Gasteiger partial charge in [-0.1, -0.05) is 53.2 Å². The van der Waals surface area contributed by atoms with Crippen LogP contribution in [0.25, 0.3) is 16.6 Å². The van der Waals surface area contributed by atoms with Gasteiger partial charge in [-0.25, -0.2) is 0 Å². The lowest BCUT2D eigenvalue weighted by Gasteiger charge is -2.11. The molecular weight excluding hydrogens is 326 g/mol. The Morgan fingerprint density at radius 2 is 1.72 bits per heavy atom. The highest BCUT2D eigenvalue weighted by Gasteiger charge is 2.14. The summed E-state index contributed by atoms with van der Waals surface area (Å²) in [5.74, 6) is 0.892. The molecular formula is C21H21N3S. The van der Waals surface area contributed by atoms with Gasteiger partial charge in [-0.2, -0.15) is 0 Å². The summed E-state index contributed by atoms with van der Waals surface area (Å²) in [6.07, 6.45) is 0. The maximum atomic E-state index is 4.46. The van der Waals surface area contributed by atoms with Crippen LogP contribution >= 0.6 is 11.8 Å². The Kier molecular flexibility index (Phi) is 4.00. The third-order valence-corrected chi connectivity index (χ3v) is 5.55. The predicted octanol–water partition coefficient (Wildman–Crippen LogP) is 5.41. The van der Waals surface area contributed by atoms with Crippen LogP contribution in [0.15, 0.2) is 47.6 Å². The third-order valence-electron chi connectivity index (χ3n) is 4.55. The average molecular weight is 347 g/mol. The molecule has 0 aliphatic rings. The van der Waals surface area contributed by atoms with Crippen molar-refractivity contribution in [2.75, 3.05) is 0 Å². The number of pyridine rings is 1. The van der Waals surface area contributed by atoms with Crippen LogP contribution < -0.4 is 0 Å². The van der Waals surface area contributed by atoms with Gasteiger partial charge in [0.25, 0.3) is 0 Å². The second kappa shape index (κ2) is 6.19. The van der Waals surface area contributed by atoms with Gasteiger partial charge in [0.1, 0.15) is 0 Å². The number of hydrogen-bond acceptors (Lipinski definition) is 3. The van der Waals surface area contributed by atoms with E-state index in [1.54, 1.807) is 11.8 Å². The van der Waals surface area contributed by atoms with Crippen LogP contribution in [0.1, 0.15) is 27.8 Å². The molecule has 4 aromatic rings. The highest BCUT2D eigenvalue weighted by molar-refractivity contribution is 7.98. The number of hydrogen-bond donors (Lipinski definition) is 0. The molecule has 3 nitrogen and oxygen atoms in total. The zero-order valence-corrected chi connectivity index (χ0v) is 15.8. The molecule has 0 bridgehead atoms. The van der Waals surface area contributed by atoms with E-state index in [2.05, 4.69) is 84.8 Å². The van der Waals surface area contributed by atoms with Gasteiger partial charge in [0.05, 0.1) is 5.52 Å². The normalized spacial score (nSPS) is 11.5. The second-order valence-electron chi connectivity index (χ2n) is 6.76. The second-order valence-corrected chi connectivity index (χ2v) is 7.70. The average Bonchev–Trinajstić information content (AvgIpc) is 2.95. The molecule has 126 valence electrons. The molecule has 0 atom stereocenters. The fraction of sp³-hybridized carbons (Fsp3) is 0.238. The third kappa shape index (κ3) is 2.91. The summed E-state index contributed by atoms with van der Waals surface area (Å²) in [7, 11) is 0. The van der Waals surface area contributed by atoms with E-state index in [9.17, 15) is 0 Å². The molecule has 0 aliphatic heterocycles. The van der Waals surface area contributed by atoms with Gasteiger partial charge in [-0.05, 0) is 56.5 Å². The summed E-state index contributed by atoms with van der Waals surface area (Å²) in [6.45, 7) is 8.59. The molecule has 0 amide bonds. The molecule has 0 unspecified atom stereocenters. The van der Waals surface area contributed by atoms with Crippen LogP contribution in [-0.2, 0) is 5.75 Å². The van der Waals surface area contributed by atoms with Crippen molar-refractivity contribution in [1.29, 1.82) is 0 Å². The largest absolute Gasteiger partial charge is 0.270 e. The first-order chi connectivity index (χ1) is 12.0. The van der Waals surface area contributed by atoms with Crippen LogP contribution in [-0.4, -0.2) is 14.6 Å². The molecule has 0 radical (unpaired) electrons. The number of benzene rings is 2. The first-order valence-electron chi connectivity index (χ1n) is 8.47. The fourth-order valence-corrected chi connectivity index (χ4v) is 4.34. The zero-order valence-electron chi connectivity index (χ0n) is 15.0. The smallest absolute Gasteiger partial charge is 0.196 e. The summed E-state index contributed by atoms with van der Waals surface area (Å²) >= 11 is 1.74. The maximum absolute atomic E-state index is 4.46. The van der Waals surface area contributed by atoms with E-state index in [1.807, 2.05) is 0 Å². The summed E-state index contributed by atoms with van der Waals surface area (Å²) in [6, 6.07) is 15.3. The van der Waals surface area contributed by atoms with Gasteiger partial charge in [-0.3, -0.25) is 4.40 Å². The minimum atomic E-state index is 0.892. The molecule has 0 saturated carbocycles. The first kappa shape index (κ1) is 16.2. The lowest BCUT2D eigenvalue weighted by Crippen LogP contribution is -1.97. The molecule has 2 heterocycles. The quantitative estimate of drug-likeness (QED) is 0.464. The number of nitrogens with zero attached hydrogens (tertiary/aromatic N) is 3. The highest BCUT2D eigenvalue weighted by atomic mass is 32.2. The molecule has 4 heteroatoms.